The first-order valence-corrected chi connectivity index (χ1v) is 17.3. The summed E-state index contributed by atoms with van der Waals surface area (Å²) >= 11 is 1.09. The van der Waals surface area contributed by atoms with Crippen LogP contribution in [0.5, 0.6) is 0 Å². The van der Waals surface area contributed by atoms with Crippen molar-refractivity contribution in [2.45, 2.75) is 109 Å². The van der Waals surface area contributed by atoms with Crippen molar-refractivity contribution in [1.82, 2.24) is 34.6 Å². The Kier molecular flexibility index (Phi) is 12.1. The van der Waals surface area contributed by atoms with Crippen LogP contribution in [-0.4, -0.2) is 105 Å². The number of nitrogen functional groups attached to an aromatic ring is 1. The molecule has 0 aliphatic carbocycles. The Bertz CT molecular complexity index is 1460. The average molecular weight is 685 g/mol. The first kappa shape index (κ1) is 37.5. The summed E-state index contributed by atoms with van der Waals surface area (Å²) in [5, 5.41) is 12.3. The molecule has 2 aliphatic rings. The van der Waals surface area contributed by atoms with Crippen molar-refractivity contribution in [1.29, 1.82) is 0 Å². The number of amides is 1. The summed E-state index contributed by atoms with van der Waals surface area (Å²) in [4.78, 5) is 46.6. The number of carbonyl (C=O) groups excluding carboxylic acids is 3. The van der Waals surface area contributed by atoms with Gasteiger partial charge in [-0.2, -0.15) is 9.36 Å². The number of aryl methyl sites for hydroxylation is 1. The second-order valence-electron chi connectivity index (χ2n) is 13.6. The number of hydrogen-bond acceptors (Lipinski definition) is 13. The van der Waals surface area contributed by atoms with Gasteiger partial charge in [0, 0.05) is 50.1 Å². The predicted octanol–water partition coefficient (Wildman–Crippen LogP) is 3.45. The Balaban J connectivity index is 1.57. The van der Waals surface area contributed by atoms with Gasteiger partial charge in [-0.1, -0.05) is 25.1 Å². The average Bonchev–Trinajstić information content (AvgIpc) is 3.77. The lowest BCUT2D eigenvalue weighted by atomic mass is 9.62. The Morgan fingerprint density at radius 3 is 2.56 bits per heavy atom. The number of fused-ring (bicyclic) bond motifs is 1. The normalized spacial score (nSPS) is 33.8. The Hall–Kier alpha value is -3.37. The molecule has 0 spiro atoms. The summed E-state index contributed by atoms with van der Waals surface area (Å²) in [5.74, 6) is -2.92. The maximum Gasteiger partial charge on any atom is 0.410 e. The van der Waals surface area contributed by atoms with Crippen molar-refractivity contribution in [2.24, 2.45) is 17.8 Å². The zero-order chi connectivity index (χ0) is 35.4. The molecular formula is C32H49BN8O6S. The number of rotatable bonds is 9. The predicted molar refractivity (Wildman–Crippen MR) is 182 cm³/mol. The van der Waals surface area contributed by atoms with Crippen LogP contribution in [0, 0.1) is 17.8 Å². The van der Waals surface area contributed by atoms with E-state index in [0.717, 1.165) is 11.5 Å². The summed E-state index contributed by atoms with van der Waals surface area (Å²) in [6, 6.07) is -0.781. The second kappa shape index (κ2) is 15.5. The van der Waals surface area contributed by atoms with Gasteiger partial charge in [0.1, 0.15) is 17.8 Å². The van der Waals surface area contributed by atoms with Crippen LogP contribution in [0.25, 0.3) is 11.5 Å². The molecule has 2 aromatic heterocycles. The van der Waals surface area contributed by atoms with Gasteiger partial charge in [0.05, 0.1) is 25.7 Å². The number of methoxy groups -OCH3 is 1. The Morgan fingerprint density at radius 1 is 1.21 bits per heavy atom. The Labute approximate surface area is 288 Å². The van der Waals surface area contributed by atoms with Gasteiger partial charge in [0.15, 0.2) is 22.3 Å². The van der Waals surface area contributed by atoms with Gasteiger partial charge in [0.25, 0.3) is 0 Å². The van der Waals surface area contributed by atoms with E-state index in [1.54, 1.807) is 42.8 Å². The van der Waals surface area contributed by atoms with Gasteiger partial charge in [-0.15, -0.1) is 11.7 Å². The number of unbranched alkanes of at least 4 members (excludes halogenated alkanes) is 1. The summed E-state index contributed by atoms with van der Waals surface area (Å²) < 4.78 is 24.0. The molecule has 2 saturated heterocycles. The summed E-state index contributed by atoms with van der Waals surface area (Å²) in [5.41, 5.74) is 4.16. The van der Waals surface area contributed by atoms with Crippen LogP contribution in [0.1, 0.15) is 67.2 Å². The lowest BCUT2D eigenvalue weighted by Crippen LogP contribution is -2.61. The lowest BCUT2D eigenvalue weighted by molar-refractivity contribution is -0.169. The van der Waals surface area contributed by atoms with E-state index in [1.165, 1.54) is 6.92 Å². The molecule has 1 amide bonds. The van der Waals surface area contributed by atoms with Crippen molar-refractivity contribution in [3.8, 4) is 11.5 Å². The van der Waals surface area contributed by atoms with Crippen molar-refractivity contribution < 1.29 is 28.6 Å². The molecule has 262 valence electrons. The third-order valence-electron chi connectivity index (χ3n) is 9.94. The Morgan fingerprint density at radius 2 is 1.92 bits per heavy atom. The zero-order valence-corrected chi connectivity index (χ0v) is 29.9. The van der Waals surface area contributed by atoms with Crippen LogP contribution in [-0.2, 0) is 30.3 Å². The SMILES string of the molecule is [B][C@@H]1[C@@H](C)C(=O)[C@@H](C)C(=O)O[C@H](CC=C)[C@@]2(C)OC(=O)N(CCCCn3cc(-c4nsc(N)n4)nn3)[C@@H]2[C@@H](C)NC[C@H](C)C[C@@]1(C)OC. The number of carbonyl (C=O) groups is 3. The first-order valence-electron chi connectivity index (χ1n) is 16.5. The van der Waals surface area contributed by atoms with Crippen LogP contribution < -0.4 is 11.1 Å². The standard InChI is InChI=1S/C32H49BN8O6S/c1-9-12-23-32(7)26(41(30(44)47-32)14-11-10-13-40-17-22(37-39-40)27-36-29(34)48-38-27)21(5)35-16-18(2)15-31(6,45-8)25(33)19(3)24(42)20(4)28(43)46-23/h9,17-21,23,25-26,35H,1,10-16H2,2-8H3,(H2,34,36,38)/t18-,19+,20-,21-,23-,25-,26-,31-,32-/m1/s1. The highest BCUT2D eigenvalue weighted by molar-refractivity contribution is 7.09. The quantitative estimate of drug-likeness (QED) is 0.130. The molecule has 2 radical (unpaired) electrons. The van der Waals surface area contributed by atoms with Crippen LogP contribution >= 0.6 is 11.5 Å². The fourth-order valence-electron chi connectivity index (χ4n) is 7.02. The van der Waals surface area contributed by atoms with E-state index >= 15 is 0 Å². The molecule has 0 bridgehead atoms. The fraction of sp³-hybridized carbons (Fsp3) is 0.719. The molecule has 4 heterocycles. The summed E-state index contributed by atoms with van der Waals surface area (Å²) in [6.45, 7) is 16.4. The minimum Gasteiger partial charge on any atom is -0.457 e. The van der Waals surface area contributed by atoms with E-state index < -0.39 is 53.1 Å². The third kappa shape index (κ3) is 7.91. The second-order valence-corrected chi connectivity index (χ2v) is 14.4. The molecule has 16 heteroatoms. The number of aromatic nitrogens is 5. The number of ether oxygens (including phenoxy) is 3. The van der Waals surface area contributed by atoms with Crippen molar-refractivity contribution in [3.63, 3.8) is 0 Å². The molecule has 4 rings (SSSR count). The number of nitrogens with two attached hydrogens (primary N) is 1. The highest BCUT2D eigenvalue weighted by Gasteiger charge is 2.58. The van der Waals surface area contributed by atoms with Crippen LogP contribution in [0.2, 0.25) is 5.82 Å². The maximum absolute atomic E-state index is 13.6. The lowest BCUT2D eigenvalue weighted by Gasteiger charge is -2.41. The highest BCUT2D eigenvalue weighted by Crippen LogP contribution is 2.40. The number of nitrogens with one attached hydrogen (secondary N) is 1. The topological polar surface area (TPSA) is 177 Å². The fourth-order valence-corrected chi connectivity index (χ4v) is 7.46. The molecule has 0 saturated carbocycles. The van der Waals surface area contributed by atoms with E-state index in [0.29, 0.717) is 55.5 Å². The van der Waals surface area contributed by atoms with E-state index in [-0.39, 0.29) is 24.2 Å². The van der Waals surface area contributed by atoms with E-state index in [2.05, 4.69) is 38.5 Å². The molecule has 14 nitrogen and oxygen atoms in total. The van der Waals surface area contributed by atoms with E-state index in [4.69, 9.17) is 27.8 Å². The number of anilines is 1. The molecular weight excluding hydrogens is 635 g/mol. The summed E-state index contributed by atoms with van der Waals surface area (Å²) in [6.07, 6.45) is 4.12. The van der Waals surface area contributed by atoms with E-state index in [9.17, 15) is 14.4 Å². The van der Waals surface area contributed by atoms with Gasteiger partial charge in [0.2, 0.25) is 0 Å². The third-order valence-corrected chi connectivity index (χ3v) is 10.5. The van der Waals surface area contributed by atoms with Crippen molar-refractivity contribution in [3.05, 3.63) is 18.9 Å². The number of ketones is 1. The molecule has 0 unspecified atom stereocenters. The van der Waals surface area contributed by atoms with Gasteiger partial charge in [-0.05, 0) is 65.2 Å². The zero-order valence-electron chi connectivity index (χ0n) is 29.0. The molecule has 0 aromatic carbocycles. The molecule has 48 heavy (non-hydrogen) atoms. The number of Topliss-reactive ketones (excluding diaryl/α,β-unsaturated/α-hetero) is 1. The van der Waals surface area contributed by atoms with E-state index in [1.807, 2.05) is 13.8 Å². The molecule has 3 N–H and O–H groups in total. The highest BCUT2D eigenvalue weighted by atomic mass is 32.1. The van der Waals surface area contributed by atoms with Gasteiger partial charge in [-0.25, -0.2) is 4.79 Å². The van der Waals surface area contributed by atoms with Crippen molar-refractivity contribution in [2.75, 3.05) is 25.9 Å². The van der Waals surface area contributed by atoms with Crippen LogP contribution in [0.4, 0.5) is 9.93 Å². The molecule has 2 fully saturated rings. The first-order chi connectivity index (χ1) is 22.6. The van der Waals surface area contributed by atoms with Gasteiger partial charge in [-0.3, -0.25) is 19.2 Å². The monoisotopic (exact) mass is 684 g/mol. The maximum atomic E-state index is 13.6. The molecule has 2 aromatic rings. The molecule has 2 aliphatic heterocycles. The number of esters is 1. The van der Waals surface area contributed by atoms with Gasteiger partial charge >= 0.3 is 12.1 Å². The van der Waals surface area contributed by atoms with Crippen LogP contribution in [0.3, 0.4) is 0 Å². The minimum absolute atomic E-state index is 0.0939. The number of nitrogens with zero attached hydrogens (tertiary/aromatic N) is 6. The summed E-state index contributed by atoms with van der Waals surface area (Å²) in [7, 11) is 8.24. The van der Waals surface area contributed by atoms with Crippen LogP contribution in [0.15, 0.2) is 18.9 Å². The minimum atomic E-state index is -1.24. The molecule has 9 atom stereocenters. The number of cyclic esters (lactones) is 1. The smallest absolute Gasteiger partial charge is 0.410 e. The van der Waals surface area contributed by atoms with Crippen molar-refractivity contribution >= 4 is 42.4 Å². The van der Waals surface area contributed by atoms with Gasteiger partial charge < -0.3 is 25.3 Å². The number of hydrogen-bond donors (Lipinski definition) is 2. The largest absolute Gasteiger partial charge is 0.457 e.